The van der Waals surface area contributed by atoms with Gasteiger partial charge in [-0.3, -0.25) is 4.90 Å². The summed E-state index contributed by atoms with van der Waals surface area (Å²) in [6.45, 7) is 5.18. The number of rotatable bonds is 6. The van der Waals surface area contributed by atoms with Gasteiger partial charge in [-0.15, -0.1) is 11.3 Å². The lowest BCUT2D eigenvalue weighted by molar-refractivity contribution is 0.0167. The summed E-state index contributed by atoms with van der Waals surface area (Å²) >= 11 is 7.60. The molecule has 0 aliphatic carbocycles. The molecule has 0 unspecified atom stereocenters. The first-order valence-corrected chi connectivity index (χ1v) is 8.39. The SMILES string of the molecule is Clc1ccc(CNC[C@@H](c2cccs2)N2CCOCC2)o1. The standard InChI is InChI=1S/C15H19ClN2O2S/c16-15-4-3-12(20-15)10-17-11-13(14-2-1-9-21-14)18-5-7-19-8-6-18/h1-4,9,13,17H,5-8,10-11H2/t13-/m0/s1. The van der Waals surface area contributed by atoms with E-state index >= 15 is 0 Å². The van der Waals surface area contributed by atoms with Crippen LogP contribution in [0.5, 0.6) is 0 Å². The number of nitrogens with zero attached hydrogens (tertiary/aromatic N) is 1. The molecule has 0 amide bonds. The van der Waals surface area contributed by atoms with E-state index in [0.717, 1.165) is 38.6 Å². The van der Waals surface area contributed by atoms with Crippen molar-refractivity contribution in [2.24, 2.45) is 0 Å². The third-order valence-electron chi connectivity index (χ3n) is 3.62. The van der Waals surface area contributed by atoms with Gasteiger partial charge >= 0.3 is 0 Å². The summed E-state index contributed by atoms with van der Waals surface area (Å²) in [6.07, 6.45) is 0. The van der Waals surface area contributed by atoms with Gasteiger partial charge in [0.15, 0.2) is 5.22 Å². The van der Waals surface area contributed by atoms with E-state index in [9.17, 15) is 0 Å². The van der Waals surface area contributed by atoms with Crippen LogP contribution in [0.15, 0.2) is 34.1 Å². The summed E-state index contributed by atoms with van der Waals surface area (Å²) in [7, 11) is 0. The highest BCUT2D eigenvalue weighted by atomic mass is 35.5. The van der Waals surface area contributed by atoms with Crippen molar-refractivity contribution in [3.05, 3.63) is 45.5 Å². The molecule has 0 radical (unpaired) electrons. The smallest absolute Gasteiger partial charge is 0.193 e. The van der Waals surface area contributed by atoms with Gasteiger partial charge in [0.25, 0.3) is 0 Å². The van der Waals surface area contributed by atoms with Gasteiger partial charge in [0.2, 0.25) is 0 Å². The maximum atomic E-state index is 5.79. The quantitative estimate of drug-likeness (QED) is 0.885. The number of nitrogens with one attached hydrogen (secondary N) is 1. The first-order chi connectivity index (χ1) is 10.3. The van der Waals surface area contributed by atoms with Gasteiger partial charge in [-0.05, 0) is 35.2 Å². The summed E-state index contributed by atoms with van der Waals surface area (Å²) in [5.41, 5.74) is 0. The summed E-state index contributed by atoms with van der Waals surface area (Å²) in [4.78, 5) is 3.87. The van der Waals surface area contributed by atoms with Crippen molar-refractivity contribution >= 4 is 22.9 Å². The van der Waals surface area contributed by atoms with E-state index in [-0.39, 0.29) is 0 Å². The molecule has 4 nitrogen and oxygen atoms in total. The summed E-state index contributed by atoms with van der Waals surface area (Å²) < 4.78 is 10.8. The molecule has 3 heterocycles. The van der Waals surface area contributed by atoms with Crippen molar-refractivity contribution in [1.82, 2.24) is 10.2 Å². The van der Waals surface area contributed by atoms with Crippen LogP contribution in [0.1, 0.15) is 16.7 Å². The zero-order valence-electron chi connectivity index (χ0n) is 11.8. The van der Waals surface area contributed by atoms with Crippen molar-refractivity contribution in [2.75, 3.05) is 32.8 Å². The number of hydrogen-bond acceptors (Lipinski definition) is 5. The van der Waals surface area contributed by atoms with Crippen molar-refractivity contribution in [1.29, 1.82) is 0 Å². The van der Waals surface area contributed by atoms with Crippen LogP contribution in [0.3, 0.4) is 0 Å². The fourth-order valence-corrected chi connectivity index (χ4v) is 3.58. The molecule has 2 aromatic rings. The van der Waals surface area contributed by atoms with Gasteiger partial charge in [0, 0.05) is 24.5 Å². The number of halogens is 1. The van der Waals surface area contributed by atoms with E-state index in [1.165, 1.54) is 4.88 Å². The molecule has 1 fully saturated rings. The topological polar surface area (TPSA) is 37.6 Å². The molecule has 1 saturated heterocycles. The molecule has 0 saturated carbocycles. The van der Waals surface area contributed by atoms with Crippen LogP contribution in [0.2, 0.25) is 5.22 Å². The number of furan rings is 1. The Hall–Kier alpha value is -0.850. The van der Waals surface area contributed by atoms with E-state index < -0.39 is 0 Å². The average molecular weight is 327 g/mol. The second kappa shape index (κ2) is 7.42. The third-order valence-corrected chi connectivity index (χ3v) is 4.80. The largest absolute Gasteiger partial charge is 0.448 e. The Morgan fingerprint density at radius 1 is 1.29 bits per heavy atom. The molecular formula is C15H19ClN2O2S. The minimum atomic E-state index is 0.388. The van der Waals surface area contributed by atoms with Crippen LogP contribution in [0.4, 0.5) is 0 Å². The molecule has 2 aromatic heterocycles. The molecule has 0 spiro atoms. The molecule has 1 aliphatic heterocycles. The summed E-state index contributed by atoms with van der Waals surface area (Å²) in [5.74, 6) is 0.868. The van der Waals surface area contributed by atoms with Gasteiger partial charge < -0.3 is 14.5 Å². The zero-order valence-corrected chi connectivity index (χ0v) is 13.3. The second-order valence-corrected chi connectivity index (χ2v) is 6.37. The normalized spacial score (nSPS) is 18.0. The Morgan fingerprint density at radius 2 is 2.14 bits per heavy atom. The minimum absolute atomic E-state index is 0.388. The first-order valence-electron chi connectivity index (χ1n) is 7.13. The number of thiophene rings is 1. The monoisotopic (exact) mass is 326 g/mol. The van der Waals surface area contributed by atoms with Crippen LogP contribution in [-0.2, 0) is 11.3 Å². The zero-order chi connectivity index (χ0) is 14.5. The highest BCUT2D eigenvalue weighted by Gasteiger charge is 2.23. The number of hydrogen-bond donors (Lipinski definition) is 1. The molecule has 1 aliphatic rings. The Morgan fingerprint density at radius 3 is 2.81 bits per heavy atom. The van der Waals surface area contributed by atoms with Gasteiger partial charge in [0.1, 0.15) is 5.76 Å². The van der Waals surface area contributed by atoms with E-state index in [4.69, 9.17) is 20.8 Å². The third kappa shape index (κ3) is 4.08. The minimum Gasteiger partial charge on any atom is -0.448 e. The fourth-order valence-electron chi connectivity index (χ4n) is 2.56. The highest BCUT2D eigenvalue weighted by Crippen LogP contribution is 2.25. The first kappa shape index (κ1) is 15.1. The lowest BCUT2D eigenvalue weighted by atomic mass is 10.2. The van der Waals surface area contributed by atoms with E-state index in [2.05, 4.69) is 27.7 Å². The van der Waals surface area contributed by atoms with Crippen molar-refractivity contribution in [3.8, 4) is 0 Å². The maximum Gasteiger partial charge on any atom is 0.193 e. The van der Waals surface area contributed by atoms with Gasteiger partial charge in [-0.2, -0.15) is 0 Å². The van der Waals surface area contributed by atoms with E-state index in [1.807, 2.05) is 17.4 Å². The van der Waals surface area contributed by atoms with Crippen LogP contribution in [0, 0.1) is 0 Å². The Kier molecular flexibility index (Phi) is 5.32. The average Bonchev–Trinajstić information content (AvgIpc) is 3.16. The summed E-state index contributed by atoms with van der Waals surface area (Å²) in [6, 6.07) is 8.39. The van der Waals surface area contributed by atoms with Gasteiger partial charge in [-0.1, -0.05) is 6.07 Å². The van der Waals surface area contributed by atoms with E-state index in [0.29, 0.717) is 17.8 Å². The molecule has 6 heteroatoms. The predicted octanol–water partition coefficient (Wildman–Crippen LogP) is 3.16. The predicted molar refractivity (Wildman–Crippen MR) is 84.9 cm³/mol. The molecule has 21 heavy (non-hydrogen) atoms. The van der Waals surface area contributed by atoms with Crippen LogP contribution < -0.4 is 5.32 Å². The molecule has 1 N–H and O–H groups in total. The Balaban J connectivity index is 1.59. The van der Waals surface area contributed by atoms with Crippen molar-refractivity contribution in [3.63, 3.8) is 0 Å². The molecule has 114 valence electrons. The van der Waals surface area contributed by atoms with Gasteiger partial charge in [0.05, 0.1) is 25.8 Å². The molecule has 3 rings (SSSR count). The number of ether oxygens (including phenoxy) is 1. The lowest BCUT2D eigenvalue weighted by Crippen LogP contribution is -2.42. The van der Waals surface area contributed by atoms with E-state index in [1.54, 1.807) is 6.07 Å². The molecular weight excluding hydrogens is 308 g/mol. The summed E-state index contributed by atoms with van der Waals surface area (Å²) in [5, 5.41) is 6.05. The van der Waals surface area contributed by atoms with Crippen LogP contribution in [0.25, 0.3) is 0 Å². The van der Waals surface area contributed by atoms with Crippen LogP contribution in [-0.4, -0.2) is 37.7 Å². The molecule has 1 atom stereocenters. The van der Waals surface area contributed by atoms with Gasteiger partial charge in [-0.25, -0.2) is 0 Å². The Bertz CT molecular complexity index is 538. The highest BCUT2D eigenvalue weighted by molar-refractivity contribution is 7.10. The van der Waals surface area contributed by atoms with Crippen LogP contribution >= 0.6 is 22.9 Å². The number of morpholine rings is 1. The molecule has 0 aromatic carbocycles. The van der Waals surface area contributed by atoms with Crippen molar-refractivity contribution < 1.29 is 9.15 Å². The second-order valence-electron chi connectivity index (χ2n) is 5.02. The Labute approximate surface area is 133 Å². The lowest BCUT2D eigenvalue weighted by Gasteiger charge is -2.34. The van der Waals surface area contributed by atoms with Crippen molar-refractivity contribution in [2.45, 2.75) is 12.6 Å². The maximum absolute atomic E-state index is 5.79. The molecule has 0 bridgehead atoms. The fraction of sp³-hybridized carbons (Fsp3) is 0.467.